The second kappa shape index (κ2) is 9.76. The Labute approximate surface area is 210 Å². The summed E-state index contributed by atoms with van der Waals surface area (Å²) < 4.78 is 32.4. The summed E-state index contributed by atoms with van der Waals surface area (Å²) in [5, 5.41) is 7.29. The van der Waals surface area contributed by atoms with Crippen LogP contribution in [0.5, 0.6) is 0 Å². The van der Waals surface area contributed by atoms with Crippen molar-refractivity contribution in [3.05, 3.63) is 60.3 Å². The number of aryl methyl sites for hydroxylation is 1. The molecule has 0 aliphatic carbocycles. The summed E-state index contributed by atoms with van der Waals surface area (Å²) in [7, 11) is -0.634. The molecule has 1 aliphatic heterocycles. The van der Waals surface area contributed by atoms with Crippen molar-refractivity contribution >= 4 is 49.9 Å². The van der Waals surface area contributed by atoms with Crippen LogP contribution < -0.4 is 15.5 Å². The number of rotatable bonds is 7. The molecule has 0 saturated carbocycles. The summed E-state index contributed by atoms with van der Waals surface area (Å²) in [6, 6.07) is 14.9. The van der Waals surface area contributed by atoms with Gasteiger partial charge < -0.3 is 25.3 Å². The predicted molar refractivity (Wildman–Crippen MR) is 142 cm³/mol. The highest BCUT2D eigenvalue weighted by molar-refractivity contribution is 7.89. The number of nitrogens with zero attached hydrogens (tertiary/aromatic N) is 4. The number of H-pyrrole nitrogens is 1. The standard InChI is InChI=1S/C25H29N7O3S/c1-17-16-18(32-12-14-35-15-13-32)8-9-20(17)28-25-29-23-19(10-11-26-23)24(30-25)27-21-6-4-5-7-22(21)36(33,34)31(2)3/h4-11,16H,12-15H2,1-3H3,(H3,26,27,28,29,30). The molecular weight excluding hydrogens is 478 g/mol. The first-order chi connectivity index (χ1) is 17.3. The van der Waals surface area contributed by atoms with Crippen molar-refractivity contribution in [2.45, 2.75) is 11.8 Å². The van der Waals surface area contributed by atoms with Gasteiger partial charge in [-0.3, -0.25) is 0 Å². The van der Waals surface area contributed by atoms with Crippen molar-refractivity contribution in [1.29, 1.82) is 0 Å². The van der Waals surface area contributed by atoms with E-state index in [0.29, 0.717) is 23.1 Å². The largest absolute Gasteiger partial charge is 0.378 e. The molecule has 1 aliphatic rings. The Morgan fingerprint density at radius 2 is 1.78 bits per heavy atom. The van der Waals surface area contributed by atoms with Crippen molar-refractivity contribution in [2.75, 3.05) is 55.9 Å². The molecule has 5 rings (SSSR count). The van der Waals surface area contributed by atoms with Gasteiger partial charge in [-0.1, -0.05) is 12.1 Å². The first-order valence-electron chi connectivity index (χ1n) is 11.7. The van der Waals surface area contributed by atoms with Crippen LogP contribution in [-0.4, -0.2) is 68.1 Å². The van der Waals surface area contributed by atoms with E-state index in [0.717, 1.165) is 48.6 Å². The first-order valence-corrected chi connectivity index (χ1v) is 13.1. The molecule has 3 heterocycles. The van der Waals surface area contributed by atoms with Gasteiger partial charge in [0, 0.05) is 44.8 Å². The monoisotopic (exact) mass is 507 g/mol. The maximum absolute atomic E-state index is 12.9. The van der Waals surface area contributed by atoms with E-state index in [9.17, 15) is 8.42 Å². The number of morpholine rings is 1. The molecule has 3 N–H and O–H groups in total. The van der Waals surface area contributed by atoms with Crippen LogP contribution in [0.2, 0.25) is 0 Å². The zero-order valence-electron chi connectivity index (χ0n) is 20.4. The van der Waals surface area contributed by atoms with Crippen molar-refractivity contribution in [1.82, 2.24) is 19.3 Å². The van der Waals surface area contributed by atoms with Gasteiger partial charge in [-0.2, -0.15) is 9.97 Å². The minimum absolute atomic E-state index is 0.168. The zero-order chi connectivity index (χ0) is 25.3. The van der Waals surface area contributed by atoms with Gasteiger partial charge in [0.25, 0.3) is 0 Å². The summed E-state index contributed by atoms with van der Waals surface area (Å²) >= 11 is 0. The number of fused-ring (bicyclic) bond motifs is 1. The molecule has 0 bridgehead atoms. The molecule has 0 radical (unpaired) electrons. The maximum Gasteiger partial charge on any atom is 0.244 e. The lowest BCUT2D eigenvalue weighted by atomic mass is 10.1. The molecule has 11 heteroatoms. The number of aromatic nitrogens is 3. The van der Waals surface area contributed by atoms with Crippen LogP contribution in [0.15, 0.2) is 59.6 Å². The van der Waals surface area contributed by atoms with Crippen molar-refractivity contribution in [3.63, 3.8) is 0 Å². The molecule has 2 aromatic carbocycles. The second-order valence-electron chi connectivity index (χ2n) is 8.77. The molecule has 36 heavy (non-hydrogen) atoms. The van der Waals surface area contributed by atoms with Crippen molar-refractivity contribution in [2.24, 2.45) is 0 Å². The summed E-state index contributed by atoms with van der Waals surface area (Å²) in [5.74, 6) is 0.885. The molecule has 0 amide bonds. The van der Waals surface area contributed by atoms with Crippen LogP contribution in [0, 0.1) is 6.92 Å². The number of anilines is 5. The van der Waals surface area contributed by atoms with Crippen LogP contribution >= 0.6 is 0 Å². The number of nitrogens with one attached hydrogen (secondary N) is 3. The van der Waals surface area contributed by atoms with E-state index >= 15 is 0 Å². The van der Waals surface area contributed by atoms with E-state index in [1.165, 1.54) is 18.4 Å². The van der Waals surface area contributed by atoms with E-state index in [-0.39, 0.29) is 4.90 Å². The van der Waals surface area contributed by atoms with Gasteiger partial charge in [-0.25, -0.2) is 12.7 Å². The Balaban J connectivity index is 1.46. The van der Waals surface area contributed by atoms with Crippen LogP contribution in [-0.2, 0) is 14.8 Å². The Kier molecular flexibility index (Phi) is 6.52. The average molecular weight is 508 g/mol. The second-order valence-corrected chi connectivity index (χ2v) is 10.9. The Morgan fingerprint density at radius 1 is 1.00 bits per heavy atom. The summed E-state index contributed by atoms with van der Waals surface area (Å²) in [5.41, 5.74) is 4.17. The number of aromatic amines is 1. The van der Waals surface area contributed by atoms with Crippen LogP contribution in [0.3, 0.4) is 0 Å². The van der Waals surface area contributed by atoms with Crippen molar-refractivity contribution < 1.29 is 13.2 Å². The van der Waals surface area contributed by atoms with E-state index in [4.69, 9.17) is 9.72 Å². The number of sulfonamides is 1. The normalized spacial score (nSPS) is 14.4. The Bertz CT molecular complexity index is 1490. The fourth-order valence-electron chi connectivity index (χ4n) is 4.14. The lowest BCUT2D eigenvalue weighted by Crippen LogP contribution is -2.36. The molecule has 2 aromatic heterocycles. The third-order valence-electron chi connectivity index (χ3n) is 6.15. The van der Waals surface area contributed by atoms with E-state index in [1.807, 2.05) is 19.1 Å². The maximum atomic E-state index is 12.9. The van der Waals surface area contributed by atoms with Crippen LogP contribution in [0.1, 0.15) is 5.56 Å². The van der Waals surface area contributed by atoms with Gasteiger partial charge in [-0.15, -0.1) is 0 Å². The zero-order valence-corrected chi connectivity index (χ0v) is 21.3. The third-order valence-corrected chi connectivity index (χ3v) is 8.02. The molecule has 0 unspecified atom stereocenters. The van der Waals surface area contributed by atoms with E-state index < -0.39 is 10.0 Å². The van der Waals surface area contributed by atoms with Gasteiger partial charge in [-0.05, 0) is 48.9 Å². The fraction of sp³-hybridized carbons (Fsp3) is 0.280. The molecule has 0 atom stereocenters. The molecule has 1 saturated heterocycles. The first kappa shape index (κ1) is 24.0. The minimum Gasteiger partial charge on any atom is -0.378 e. The highest BCUT2D eigenvalue weighted by Crippen LogP contribution is 2.31. The number of para-hydroxylation sites is 1. The highest BCUT2D eigenvalue weighted by Gasteiger charge is 2.22. The third kappa shape index (κ3) is 4.72. The topological polar surface area (TPSA) is 115 Å². The lowest BCUT2D eigenvalue weighted by molar-refractivity contribution is 0.122. The molecule has 188 valence electrons. The fourth-order valence-corrected chi connectivity index (χ4v) is 5.18. The lowest BCUT2D eigenvalue weighted by Gasteiger charge is -2.29. The summed E-state index contributed by atoms with van der Waals surface area (Å²) in [6.45, 7) is 5.26. The van der Waals surface area contributed by atoms with Gasteiger partial charge in [0.2, 0.25) is 16.0 Å². The van der Waals surface area contributed by atoms with Crippen molar-refractivity contribution in [3.8, 4) is 0 Å². The van der Waals surface area contributed by atoms with Gasteiger partial charge >= 0.3 is 0 Å². The smallest absolute Gasteiger partial charge is 0.244 e. The average Bonchev–Trinajstić information content (AvgIpc) is 3.35. The van der Waals surface area contributed by atoms with Gasteiger partial charge in [0.15, 0.2) is 0 Å². The summed E-state index contributed by atoms with van der Waals surface area (Å²) in [6.07, 6.45) is 1.78. The number of benzene rings is 2. The Morgan fingerprint density at radius 3 is 2.53 bits per heavy atom. The number of hydrogen-bond acceptors (Lipinski definition) is 8. The quantitative estimate of drug-likeness (QED) is 0.346. The Hall–Kier alpha value is -3.67. The molecule has 4 aromatic rings. The number of ether oxygens (including phenoxy) is 1. The molecule has 10 nitrogen and oxygen atoms in total. The van der Waals surface area contributed by atoms with Crippen LogP contribution in [0.25, 0.3) is 11.0 Å². The number of hydrogen-bond donors (Lipinski definition) is 3. The van der Waals surface area contributed by atoms with E-state index in [2.05, 4.69) is 37.6 Å². The van der Waals surface area contributed by atoms with Gasteiger partial charge in [0.1, 0.15) is 16.4 Å². The minimum atomic E-state index is -3.65. The molecule has 1 fully saturated rings. The molecule has 0 spiro atoms. The van der Waals surface area contributed by atoms with Crippen LogP contribution in [0.4, 0.5) is 28.8 Å². The predicted octanol–water partition coefficient (Wildman–Crippen LogP) is 3.84. The van der Waals surface area contributed by atoms with Gasteiger partial charge in [0.05, 0.1) is 24.3 Å². The summed E-state index contributed by atoms with van der Waals surface area (Å²) in [4.78, 5) is 14.9. The van der Waals surface area contributed by atoms with E-state index in [1.54, 1.807) is 30.5 Å². The SMILES string of the molecule is Cc1cc(N2CCOCC2)ccc1Nc1nc(Nc2ccccc2S(=O)(=O)N(C)C)c2cc[nH]c2n1. The highest BCUT2D eigenvalue weighted by atomic mass is 32.2. The molecular formula is C25H29N7O3S.